The molecule has 92 valence electrons. The Hall–Kier alpha value is -1.29. The average molecular weight is 233 g/mol. The summed E-state index contributed by atoms with van der Waals surface area (Å²) in [6.07, 6.45) is 3.25. The van der Waals surface area contributed by atoms with E-state index in [0.29, 0.717) is 11.7 Å². The van der Waals surface area contributed by atoms with Gasteiger partial charge in [0.1, 0.15) is 0 Å². The first-order chi connectivity index (χ1) is 8.20. The van der Waals surface area contributed by atoms with Gasteiger partial charge in [0.2, 0.25) is 0 Å². The summed E-state index contributed by atoms with van der Waals surface area (Å²) in [7, 11) is 0. The van der Waals surface area contributed by atoms with Gasteiger partial charge in [-0.05, 0) is 31.0 Å². The molecule has 0 amide bonds. The van der Waals surface area contributed by atoms with Gasteiger partial charge in [0.15, 0.2) is 0 Å². The molecule has 0 unspecified atom stereocenters. The van der Waals surface area contributed by atoms with Crippen LogP contribution in [0.25, 0.3) is 0 Å². The molecule has 0 saturated heterocycles. The number of rotatable bonds is 2. The lowest BCUT2D eigenvalue weighted by molar-refractivity contribution is 0.262. The Balaban J connectivity index is 2.10. The van der Waals surface area contributed by atoms with Gasteiger partial charge in [0, 0.05) is 31.2 Å². The predicted molar refractivity (Wildman–Crippen MR) is 68.0 cm³/mol. The van der Waals surface area contributed by atoms with Gasteiger partial charge in [-0.15, -0.1) is 0 Å². The minimum Gasteiger partial charge on any atom is -0.394 e. The zero-order valence-corrected chi connectivity index (χ0v) is 10.3. The zero-order valence-electron chi connectivity index (χ0n) is 10.3. The molecule has 0 bridgehead atoms. The molecule has 2 heterocycles. The maximum Gasteiger partial charge on any atom is 0.274 e. The molecule has 1 aromatic rings. The fourth-order valence-electron chi connectivity index (χ4n) is 2.74. The van der Waals surface area contributed by atoms with Gasteiger partial charge in [0.25, 0.3) is 5.56 Å². The molecule has 1 aromatic heterocycles. The molecule has 1 fully saturated rings. The molecule has 2 aliphatic rings. The lowest BCUT2D eigenvalue weighted by Gasteiger charge is -2.29. The minimum atomic E-state index is 0.0243. The van der Waals surface area contributed by atoms with E-state index in [4.69, 9.17) is 5.73 Å². The summed E-state index contributed by atoms with van der Waals surface area (Å²) in [6, 6.07) is 2.31. The summed E-state index contributed by atoms with van der Waals surface area (Å²) < 4.78 is 1.97. The van der Waals surface area contributed by atoms with Crippen molar-refractivity contribution in [3.8, 4) is 0 Å². The molecule has 4 heteroatoms. The third-order valence-corrected chi connectivity index (χ3v) is 3.87. The maximum atomic E-state index is 12.1. The molecule has 0 atom stereocenters. The van der Waals surface area contributed by atoms with Crippen LogP contribution in [0.3, 0.4) is 0 Å². The van der Waals surface area contributed by atoms with E-state index >= 15 is 0 Å². The van der Waals surface area contributed by atoms with Crippen molar-refractivity contribution in [2.45, 2.75) is 38.8 Å². The van der Waals surface area contributed by atoms with Crippen molar-refractivity contribution in [1.82, 2.24) is 9.47 Å². The van der Waals surface area contributed by atoms with Crippen LogP contribution in [0.5, 0.6) is 0 Å². The van der Waals surface area contributed by atoms with E-state index in [1.54, 1.807) is 0 Å². The Labute approximate surface area is 101 Å². The smallest absolute Gasteiger partial charge is 0.274 e. The number of nitrogens with zero attached hydrogens (tertiary/aromatic N) is 2. The molecule has 1 aliphatic heterocycles. The van der Waals surface area contributed by atoms with Crippen molar-refractivity contribution < 1.29 is 0 Å². The first-order valence-corrected chi connectivity index (χ1v) is 6.45. The second-order valence-electron chi connectivity index (χ2n) is 5.10. The fourth-order valence-corrected chi connectivity index (χ4v) is 2.74. The van der Waals surface area contributed by atoms with Crippen LogP contribution >= 0.6 is 0 Å². The molecule has 0 radical (unpaired) electrons. The number of nitrogen functional groups attached to an aromatic ring is 1. The second kappa shape index (κ2) is 3.88. The molecule has 0 spiro atoms. The van der Waals surface area contributed by atoms with Crippen LogP contribution in [0.4, 0.5) is 5.69 Å². The highest BCUT2D eigenvalue weighted by Crippen LogP contribution is 2.36. The van der Waals surface area contributed by atoms with Crippen molar-refractivity contribution in [3.05, 3.63) is 27.7 Å². The van der Waals surface area contributed by atoms with Crippen molar-refractivity contribution in [1.29, 1.82) is 0 Å². The highest BCUT2D eigenvalue weighted by atomic mass is 16.1. The Morgan fingerprint density at radius 3 is 2.88 bits per heavy atom. The van der Waals surface area contributed by atoms with Crippen LogP contribution in [0, 0.1) is 0 Å². The summed E-state index contributed by atoms with van der Waals surface area (Å²) in [4.78, 5) is 14.5. The van der Waals surface area contributed by atoms with Gasteiger partial charge in [-0.2, -0.15) is 0 Å². The van der Waals surface area contributed by atoms with Gasteiger partial charge in [-0.3, -0.25) is 9.69 Å². The number of anilines is 1. The van der Waals surface area contributed by atoms with E-state index in [0.717, 1.165) is 38.9 Å². The Morgan fingerprint density at radius 1 is 1.47 bits per heavy atom. The van der Waals surface area contributed by atoms with E-state index in [2.05, 4.69) is 11.8 Å². The van der Waals surface area contributed by atoms with Crippen molar-refractivity contribution in [2.75, 3.05) is 18.8 Å². The van der Waals surface area contributed by atoms with Gasteiger partial charge in [0.05, 0.1) is 5.69 Å². The highest BCUT2D eigenvalue weighted by molar-refractivity contribution is 5.42. The first-order valence-electron chi connectivity index (χ1n) is 6.45. The van der Waals surface area contributed by atoms with Crippen LogP contribution in [0.1, 0.15) is 37.1 Å². The standard InChI is InChI=1S/C13H19N3O/c1-2-15-6-5-12-9(8-15)7-11(14)13(17)16(12)10-3-4-10/h7,10H,2-6,8,14H2,1H3. The molecule has 1 saturated carbocycles. The maximum absolute atomic E-state index is 12.1. The second-order valence-corrected chi connectivity index (χ2v) is 5.10. The number of hydrogen-bond donors (Lipinski definition) is 1. The zero-order chi connectivity index (χ0) is 12.0. The van der Waals surface area contributed by atoms with Crippen molar-refractivity contribution in [3.63, 3.8) is 0 Å². The third-order valence-electron chi connectivity index (χ3n) is 3.87. The van der Waals surface area contributed by atoms with E-state index < -0.39 is 0 Å². The van der Waals surface area contributed by atoms with Crippen LogP contribution in [-0.2, 0) is 13.0 Å². The van der Waals surface area contributed by atoms with Gasteiger partial charge < -0.3 is 10.3 Å². The quantitative estimate of drug-likeness (QED) is 0.833. The number of fused-ring (bicyclic) bond motifs is 1. The van der Waals surface area contributed by atoms with Crippen LogP contribution in [-0.4, -0.2) is 22.6 Å². The lowest BCUT2D eigenvalue weighted by atomic mass is 10.0. The Bertz CT molecular complexity index is 502. The fraction of sp³-hybridized carbons (Fsp3) is 0.615. The van der Waals surface area contributed by atoms with Gasteiger partial charge in [-0.25, -0.2) is 0 Å². The monoisotopic (exact) mass is 233 g/mol. The number of likely N-dealkylation sites (N-methyl/N-ethyl adjacent to an activating group) is 1. The summed E-state index contributed by atoms with van der Waals surface area (Å²) in [6.45, 7) is 5.22. The Morgan fingerprint density at radius 2 is 2.24 bits per heavy atom. The largest absolute Gasteiger partial charge is 0.394 e. The molecular weight excluding hydrogens is 214 g/mol. The minimum absolute atomic E-state index is 0.0243. The molecule has 17 heavy (non-hydrogen) atoms. The normalized spacial score (nSPS) is 20.3. The van der Waals surface area contributed by atoms with E-state index in [1.807, 2.05) is 10.6 Å². The molecule has 2 N–H and O–H groups in total. The predicted octanol–water partition coefficient (Wildman–Crippen LogP) is 1.14. The summed E-state index contributed by atoms with van der Waals surface area (Å²) in [5, 5.41) is 0. The van der Waals surface area contributed by atoms with Gasteiger partial charge >= 0.3 is 0 Å². The van der Waals surface area contributed by atoms with Crippen LogP contribution < -0.4 is 11.3 Å². The molecule has 0 aromatic carbocycles. The van der Waals surface area contributed by atoms with E-state index in [9.17, 15) is 4.79 Å². The van der Waals surface area contributed by atoms with E-state index in [-0.39, 0.29) is 5.56 Å². The third kappa shape index (κ3) is 1.76. The topological polar surface area (TPSA) is 51.3 Å². The number of pyridine rings is 1. The van der Waals surface area contributed by atoms with Crippen LogP contribution in [0.2, 0.25) is 0 Å². The van der Waals surface area contributed by atoms with Crippen LogP contribution in [0.15, 0.2) is 10.9 Å². The SMILES string of the molecule is CCN1CCc2c(cc(N)c(=O)n2C2CC2)C1. The molecule has 3 rings (SSSR count). The Kier molecular flexibility index (Phi) is 2.47. The molecular formula is C13H19N3O. The number of aromatic nitrogens is 1. The van der Waals surface area contributed by atoms with Gasteiger partial charge in [-0.1, -0.05) is 6.92 Å². The molecule has 1 aliphatic carbocycles. The summed E-state index contributed by atoms with van der Waals surface area (Å²) in [5.41, 5.74) is 8.77. The number of hydrogen-bond acceptors (Lipinski definition) is 3. The lowest BCUT2D eigenvalue weighted by Crippen LogP contribution is -2.36. The van der Waals surface area contributed by atoms with E-state index in [1.165, 1.54) is 11.3 Å². The van der Waals surface area contributed by atoms with Crippen molar-refractivity contribution in [2.24, 2.45) is 0 Å². The first kappa shape index (κ1) is 10.8. The number of nitrogens with two attached hydrogens (primary N) is 1. The van der Waals surface area contributed by atoms with Crippen molar-refractivity contribution >= 4 is 5.69 Å². The average Bonchev–Trinajstić information content (AvgIpc) is 3.14. The highest BCUT2D eigenvalue weighted by Gasteiger charge is 2.30. The summed E-state index contributed by atoms with van der Waals surface area (Å²) >= 11 is 0. The molecule has 4 nitrogen and oxygen atoms in total. The summed E-state index contributed by atoms with van der Waals surface area (Å²) in [5.74, 6) is 0.